The molecule has 112 valence electrons. The van der Waals surface area contributed by atoms with E-state index in [4.69, 9.17) is 11.5 Å². The van der Waals surface area contributed by atoms with Crippen molar-refractivity contribution in [3.63, 3.8) is 0 Å². The molecule has 0 unspecified atom stereocenters. The molecule has 2 aromatic heterocycles. The lowest BCUT2D eigenvalue weighted by Gasteiger charge is -2.06. The smallest absolute Gasteiger partial charge is 0.257 e. The van der Waals surface area contributed by atoms with Gasteiger partial charge < -0.3 is 21.8 Å². The highest BCUT2D eigenvalue weighted by molar-refractivity contribution is 5.90. The summed E-state index contributed by atoms with van der Waals surface area (Å²) in [5.41, 5.74) is 13.1. The molecule has 0 aliphatic heterocycles. The van der Waals surface area contributed by atoms with Crippen LogP contribution in [0.15, 0.2) is 23.1 Å². The molecule has 2 heterocycles. The van der Waals surface area contributed by atoms with Gasteiger partial charge in [0.25, 0.3) is 6.43 Å². The second-order valence-electron chi connectivity index (χ2n) is 4.26. The maximum Gasteiger partial charge on any atom is 0.257 e. The predicted octanol–water partition coefficient (Wildman–Crippen LogP) is 1.40. The zero-order valence-electron chi connectivity index (χ0n) is 11.3. The molecule has 6 N–H and O–H groups in total. The highest BCUT2D eigenvalue weighted by Crippen LogP contribution is 2.22. The van der Waals surface area contributed by atoms with E-state index < -0.39 is 13.0 Å². The fourth-order valence-corrected chi connectivity index (χ4v) is 1.75. The van der Waals surface area contributed by atoms with Crippen molar-refractivity contribution in [1.29, 1.82) is 0 Å². The van der Waals surface area contributed by atoms with Gasteiger partial charge in [-0.2, -0.15) is 9.97 Å². The van der Waals surface area contributed by atoms with Crippen LogP contribution in [0.3, 0.4) is 0 Å². The Balaban J connectivity index is 2.20. The number of nitrogens with two attached hydrogens (primary N) is 2. The Morgan fingerprint density at radius 1 is 1.52 bits per heavy atom. The number of nitrogens with one attached hydrogen (secondary N) is 2. The highest BCUT2D eigenvalue weighted by Gasteiger charge is 2.09. The summed E-state index contributed by atoms with van der Waals surface area (Å²) in [6.07, 6.45) is 1.63. The molecule has 21 heavy (non-hydrogen) atoms. The van der Waals surface area contributed by atoms with Gasteiger partial charge in [-0.05, 0) is 12.5 Å². The summed E-state index contributed by atoms with van der Waals surface area (Å²) in [7, 11) is 0. The van der Waals surface area contributed by atoms with Gasteiger partial charge >= 0.3 is 0 Å². The first kappa shape index (κ1) is 14.7. The maximum absolute atomic E-state index is 12.0. The van der Waals surface area contributed by atoms with E-state index in [-0.39, 0.29) is 11.6 Å². The van der Waals surface area contributed by atoms with Crippen molar-refractivity contribution in [2.45, 2.75) is 13.3 Å². The maximum atomic E-state index is 12.0. The molecule has 9 heteroatoms. The minimum Gasteiger partial charge on any atom is -0.403 e. The number of hydrogen-bond acceptors (Lipinski definition) is 6. The first-order valence-electron chi connectivity index (χ1n) is 6.09. The highest BCUT2D eigenvalue weighted by atomic mass is 19.3. The molecule has 7 nitrogen and oxygen atoms in total. The van der Waals surface area contributed by atoms with Crippen molar-refractivity contribution in [2.24, 2.45) is 10.7 Å². The number of allylic oxidation sites excluding steroid dienone is 1. The van der Waals surface area contributed by atoms with Crippen LogP contribution in [-0.4, -0.2) is 34.1 Å². The van der Waals surface area contributed by atoms with E-state index in [1.54, 1.807) is 6.20 Å². The molecule has 2 aromatic rings. The number of hydrogen-bond donors (Lipinski definition) is 4. The topological polar surface area (TPSA) is 118 Å². The summed E-state index contributed by atoms with van der Waals surface area (Å²) in [5, 5.41) is 3.51. The Morgan fingerprint density at radius 3 is 2.95 bits per heavy atom. The second kappa shape index (κ2) is 6.16. The molecule has 2 rings (SSSR count). The number of halogens is 2. The number of H-pyrrole nitrogens is 1. The molecule has 0 amide bonds. The molecule has 0 fully saturated rings. The van der Waals surface area contributed by atoms with Crippen molar-refractivity contribution in [1.82, 2.24) is 15.0 Å². The summed E-state index contributed by atoms with van der Waals surface area (Å²) >= 11 is 0. The second-order valence-corrected chi connectivity index (χ2v) is 4.26. The summed E-state index contributed by atoms with van der Waals surface area (Å²) in [5.74, 6) is 0.504. The van der Waals surface area contributed by atoms with E-state index in [2.05, 4.69) is 25.3 Å². The van der Waals surface area contributed by atoms with Crippen LogP contribution in [0.25, 0.3) is 11.0 Å². The fourth-order valence-electron chi connectivity index (χ4n) is 1.75. The van der Waals surface area contributed by atoms with Gasteiger partial charge in [-0.3, -0.25) is 4.99 Å². The SMILES string of the molecule is Cc1c[nH]c2nc(NC(C=NCC(F)F)=CN)nc(N)c12. The number of nitrogen functional groups attached to an aromatic ring is 1. The standard InChI is InChI=1S/C12H15F2N7/c1-6-3-18-11-9(6)10(16)20-12(21-11)19-7(2-15)4-17-5-8(13)14/h2-4,8H,5,15H2,1H3,(H4,16,18,19,20,21). The van der Waals surface area contributed by atoms with Gasteiger partial charge in [-0.1, -0.05) is 0 Å². The van der Waals surface area contributed by atoms with Crippen molar-refractivity contribution in [2.75, 3.05) is 17.6 Å². The van der Waals surface area contributed by atoms with Crippen molar-refractivity contribution in [3.05, 3.63) is 23.7 Å². The third kappa shape index (κ3) is 3.44. The molecule has 0 aromatic carbocycles. The monoisotopic (exact) mass is 295 g/mol. The molecule has 0 radical (unpaired) electrons. The Kier molecular flexibility index (Phi) is 4.31. The lowest BCUT2D eigenvalue weighted by atomic mass is 10.2. The minimum atomic E-state index is -2.51. The number of alkyl halides is 2. The van der Waals surface area contributed by atoms with Crippen LogP contribution in [0.1, 0.15) is 5.56 Å². The molecule has 0 saturated carbocycles. The summed E-state index contributed by atoms with van der Waals surface area (Å²) in [6, 6.07) is 0. The lowest BCUT2D eigenvalue weighted by molar-refractivity contribution is 0.159. The zero-order valence-corrected chi connectivity index (χ0v) is 11.3. The first-order valence-corrected chi connectivity index (χ1v) is 6.09. The number of anilines is 2. The lowest BCUT2D eigenvalue weighted by Crippen LogP contribution is -2.09. The van der Waals surface area contributed by atoms with Gasteiger partial charge in [-0.15, -0.1) is 0 Å². The van der Waals surface area contributed by atoms with Crippen molar-refractivity contribution < 1.29 is 8.78 Å². The number of aryl methyl sites for hydroxylation is 1. The number of nitrogens with zero attached hydrogens (tertiary/aromatic N) is 3. The van der Waals surface area contributed by atoms with E-state index in [0.717, 1.165) is 10.9 Å². The van der Waals surface area contributed by atoms with E-state index in [1.165, 1.54) is 12.4 Å². The number of aromatic amines is 1. The van der Waals surface area contributed by atoms with Gasteiger partial charge in [0.15, 0.2) is 0 Å². The third-order valence-corrected chi connectivity index (χ3v) is 2.67. The van der Waals surface area contributed by atoms with E-state index in [0.29, 0.717) is 11.5 Å². The van der Waals surface area contributed by atoms with Gasteiger partial charge in [-0.25, -0.2) is 8.78 Å². The van der Waals surface area contributed by atoms with Gasteiger partial charge in [0.2, 0.25) is 5.95 Å². The van der Waals surface area contributed by atoms with Crippen LogP contribution in [0.5, 0.6) is 0 Å². The van der Waals surface area contributed by atoms with Gasteiger partial charge in [0.1, 0.15) is 11.5 Å². The van der Waals surface area contributed by atoms with Crippen LogP contribution in [0.4, 0.5) is 20.5 Å². The average Bonchev–Trinajstić information content (AvgIpc) is 2.79. The normalized spacial score (nSPS) is 12.7. The number of rotatable bonds is 5. The minimum absolute atomic E-state index is 0.196. The van der Waals surface area contributed by atoms with Crippen LogP contribution < -0.4 is 16.8 Å². The van der Waals surface area contributed by atoms with E-state index in [9.17, 15) is 8.78 Å². The predicted molar refractivity (Wildman–Crippen MR) is 78.3 cm³/mol. The number of fused-ring (bicyclic) bond motifs is 1. The van der Waals surface area contributed by atoms with Crippen molar-refractivity contribution in [3.8, 4) is 0 Å². The van der Waals surface area contributed by atoms with E-state index in [1.807, 2.05) is 6.92 Å². The Morgan fingerprint density at radius 2 is 2.29 bits per heavy atom. The molecular weight excluding hydrogens is 280 g/mol. The van der Waals surface area contributed by atoms with Crippen molar-refractivity contribution >= 4 is 29.0 Å². The molecular formula is C12H15F2N7. The average molecular weight is 295 g/mol. The Bertz CT molecular complexity index is 690. The summed E-state index contributed by atoms with van der Waals surface area (Å²) < 4.78 is 24.0. The Labute approximate surface area is 119 Å². The quantitative estimate of drug-likeness (QED) is 0.622. The first-order chi connectivity index (χ1) is 10.0. The van der Waals surface area contributed by atoms with Crippen LogP contribution in [0.2, 0.25) is 0 Å². The van der Waals surface area contributed by atoms with Gasteiger partial charge in [0.05, 0.1) is 17.6 Å². The molecule has 0 spiro atoms. The number of aliphatic imine (C=N–C) groups is 1. The number of aromatic nitrogens is 3. The summed E-state index contributed by atoms with van der Waals surface area (Å²) in [6.45, 7) is 1.28. The molecule has 0 saturated heterocycles. The van der Waals surface area contributed by atoms with E-state index >= 15 is 0 Å². The van der Waals surface area contributed by atoms with Gasteiger partial charge in [0, 0.05) is 18.6 Å². The zero-order chi connectivity index (χ0) is 15.4. The summed E-state index contributed by atoms with van der Waals surface area (Å²) in [4.78, 5) is 14.8. The molecule has 0 atom stereocenters. The molecule has 0 bridgehead atoms. The van der Waals surface area contributed by atoms with Crippen LogP contribution in [0, 0.1) is 6.92 Å². The fraction of sp³-hybridized carbons (Fsp3) is 0.250. The van der Waals surface area contributed by atoms with Crippen LogP contribution >= 0.6 is 0 Å². The molecule has 0 aliphatic rings. The van der Waals surface area contributed by atoms with Crippen LogP contribution in [-0.2, 0) is 0 Å². The Hall–Kier alpha value is -2.71. The molecule has 0 aliphatic carbocycles. The third-order valence-electron chi connectivity index (χ3n) is 2.67. The largest absolute Gasteiger partial charge is 0.403 e.